The molecule has 1 aliphatic rings. The molecule has 1 aromatic carbocycles. The molecule has 2 atom stereocenters. The van der Waals surface area contributed by atoms with Crippen molar-refractivity contribution >= 4 is 11.6 Å². The molecule has 1 saturated heterocycles. The third kappa shape index (κ3) is 3.22. The number of nitrogens with zero attached hydrogens (tertiary/aromatic N) is 1. The summed E-state index contributed by atoms with van der Waals surface area (Å²) >= 11 is 6.02. The van der Waals surface area contributed by atoms with Crippen molar-refractivity contribution in [3.63, 3.8) is 0 Å². The predicted molar refractivity (Wildman–Crippen MR) is 71.6 cm³/mol. The van der Waals surface area contributed by atoms with E-state index in [1.54, 1.807) is 0 Å². The summed E-state index contributed by atoms with van der Waals surface area (Å²) in [6.07, 6.45) is -0.119. The summed E-state index contributed by atoms with van der Waals surface area (Å²) in [6.45, 7) is 2.72. The van der Waals surface area contributed by atoms with Crippen LogP contribution in [0.5, 0.6) is 0 Å². The number of ether oxygens (including phenoxy) is 1. The molecule has 0 aliphatic carbocycles. The van der Waals surface area contributed by atoms with Crippen LogP contribution in [0, 0.1) is 0 Å². The fraction of sp³-hybridized carbons (Fsp3) is 0.538. The fourth-order valence-electron chi connectivity index (χ4n) is 2.35. The standard InChI is InChI=1S/C13H19ClN2O2/c14-11-3-1-2-10(6-11)13(7-15)16-4-5-18-12(8-16)9-17/h1-3,6,12-13,17H,4-5,7-9,15H2. The molecule has 0 saturated carbocycles. The highest BCUT2D eigenvalue weighted by Crippen LogP contribution is 2.24. The van der Waals surface area contributed by atoms with Crippen LogP contribution in [0.25, 0.3) is 0 Å². The number of benzene rings is 1. The van der Waals surface area contributed by atoms with E-state index in [1.807, 2.05) is 24.3 Å². The van der Waals surface area contributed by atoms with Gasteiger partial charge < -0.3 is 15.6 Å². The highest BCUT2D eigenvalue weighted by molar-refractivity contribution is 6.30. The second-order valence-electron chi connectivity index (χ2n) is 4.48. The summed E-state index contributed by atoms with van der Waals surface area (Å²) in [4.78, 5) is 2.25. The largest absolute Gasteiger partial charge is 0.394 e. The first-order valence-corrected chi connectivity index (χ1v) is 6.54. The van der Waals surface area contributed by atoms with Crippen molar-refractivity contribution in [1.82, 2.24) is 4.90 Å². The Morgan fingerprint density at radius 3 is 3.06 bits per heavy atom. The lowest BCUT2D eigenvalue weighted by molar-refractivity contribution is -0.0643. The zero-order valence-electron chi connectivity index (χ0n) is 10.3. The van der Waals surface area contributed by atoms with E-state index in [4.69, 9.17) is 22.1 Å². The number of halogens is 1. The molecule has 1 fully saturated rings. The SMILES string of the molecule is NCC(c1cccc(Cl)c1)N1CCOC(CO)C1. The van der Waals surface area contributed by atoms with E-state index < -0.39 is 0 Å². The maximum absolute atomic E-state index is 9.17. The second-order valence-corrected chi connectivity index (χ2v) is 4.91. The van der Waals surface area contributed by atoms with Crippen molar-refractivity contribution in [2.24, 2.45) is 5.73 Å². The topological polar surface area (TPSA) is 58.7 Å². The minimum absolute atomic E-state index is 0.0450. The monoisotopic (exact) mass is 270 g/mol. The van der Waals surface area contributed by atoms with Crippen LogP contribution in [0.2, 0.25) is 5.02 Å². The van der Waals surface area contributed by atoms with Gasteiger partial charge in [0.15, 0.2) is 0 Å². The van der Waals surface area contributed by atoms with Crippen LogP contribution in [0.1, 0.15) is 11.6 Å². The Morgan fingerprint density at radius 2 is 2.39 bits per heavy atom. The van der Waals surface area contributed by atoms with Crippen LogP contribution in [-0.4, -0.2) is 49.0 Å². The Kier molecular flexibility index (Phi) is 4.97. The molecule has 0 radical (unpaired) electrons. The molecule has 1 aliphatic heterocycles. The van der Waals surface area contributed by atoms with Crippen molar-refractivity contribution in [3.8, 4) is 0 Å². The van der Waals surface area contributed by atoms with E-state index in [1.165, 1.54) is 0 Å². The number of aliphatic hydroxyl groups is 1. The summed E-state index contributed by atoms with van der Waals surface area (Å²) in [5, 5.41) is 9.89. The van der Waals surface area contributed by atoms with Gasteiger partial charge in [-0.2, -0.15) is 0 Å². The van der Waals surface area contributed by atoms with Gasteiger partial charge in [0.25, 0.3) is 0 Å². The number of hydrogen-bond acceptors (Lipinski definition) is 4. The average molecular weight is 271 g/mol. The first kappa shape index (κ1) is 13.8. The molecule has 4 nitrogen and oxygen atoms in total. The summed E-state index contributed by atoms with van der Waals surface area (Å²) < 4.78 is 5.45. The van der Waals surface area contributed by atoms with Gasteiger partial charge in [0.05, 0.1) is 19.3 Å². The molecule has 2 rings (SSSR count). The predicted octanol–water partition coefficient (Wildman–Crippen LogP) is 1.03. The molecule has 18 heavy (non-hydrogen) atoms. The second kappa shape index (κ2) is 6.50. The lowest BCUT2D eigenvalue weighted by Gasteiger charge is -2.37. The van der Waals surface area contributed by atoms with E-state index in [2.05, 4.69) is 4.90 Å². The third-order valence-electron chi connectivity index (χ3n) is 3.27. The van der Waals surface area contributed by atoms with Crippen LogP contribution in [-0.2, 0) is 4.74 Å². The summed E-state index contributed by atoms with van der Waals surface area (Å²) in [7, 11) is 0. The average Bonchev–Trinajstić information content (AvgIpc) is 2.40. The van der Waals surface area contributed by atoms with Crippen LogP contribution in [0.4, 0.5) is 0 Å². The first-order valence-electron chi connectivity index (χ1n) is 6.16. The third-order valence-corrected chi connectivity index (χ3v) is 3.51. The van der Waals surface area contributed by atoms with E-state index in [0.717, 1.165) is 17.1 Å². The lowest BCUT2D eigenvalue weighted by atomic mass is 10.0. The van der Waals surface area contributed by atoms with Gasteiger partial charge in [-0.1, -0.05) is 23.7 Å². The molecule has 5 heteroatoms. The van der Waals surface area contributed by atoms with Crippen LogP contribution < -0.4 is 5.73 Å². The number of morpholine rings is 1. The lowest BCUT2D eigenvalue weighted by Crippen LogP contribution is -2.47. The van der Waals surface area contributed by atoms with Crippen molar-refractivity contribution in [3.05, 3.63) is 34.9 Å². The van der Waals surface area contributed by atoms with Gasteiger partial charge in [-0.15, -0.1) is 0 Å². The summed E-state index contributed by atoms with van der Waals surface area (Å²) in [6, 6.07) is 7.90. The molecular weight excluding hydrogens is 252 g/mol. The summed E-state index contributed by atoms with van der Waals surface area (Å²) in [5.74, 6) is 0. The van der Waals surface area contributed by atoms with Crippen molar-refractivity contribution in [2.75, 3.05) is 32.8 Å². The van der Waals surface area contributed by atoms with Gasteiger partial charge in [-0.25, -0.2) is 0 Å². The van der Waals surface area contributed by atoms with Gasteiger partial charge in [0.2, 0.25) is 0 Å². The van der Waals surface area contributed by atoms with Gasteiger partial charge in [0.1, 0.15) is 0 Å². The Bertz CT molecular complexity index is 389. The van der Waals surface area contributed by atoms with E-state index in [-0.39, 0.29) is 18.8 Å². The molecule has 1 aromatic rings. The van der Waals surface area contributed by atoms with Crippen molar-refractivity contribution < 1.29 is 9.84 Å². The van der Waals surface area contributed by atoms with Crippen molar-refractivity contribution in [1.29, 1.82) is 0 Å². The molecule has 1 heterocycles. The van der Waals surface area contributed by atoms with Gasteiger partial charge in [0, 0.05) is 30.7 Å². The normalized spacial score (nSPS) is 22.9. The van der Waals surface area contributed by atoms with E-state index in [0.29, 0.717) is 19.7 Å². The van der Waals surface area contributed by atoms with Gasteiger partial charge in [-0.3, -0.25) is 4.90 Å². The molecule has 2 unspecified atom stereocenters. The molecule has 0 spiro atoms. The Balaban J connectivity index is 2.12. The zero-order valence-corrected chi connectivity index (χ0v) is 11.0. The molecule has 3 N–H and O–H groups in total. The Labute approximate surface area is 112 Å². The molecule has 0 aromatic heterocycles. The van der Waals surface area contributed by atoms with Crippen LogP contribution in [0.15, 0.2) is 24.3 Å². The highest BCUT2D eigenvalue weighted by atomic mass is 35.5. The minimum Gasteiger partial charge on any atom is -0.394 e. The maximum atomic E-state index is 9.17. The maximum Gasteiger partial charge on any atom is 0.0933 e. The molecular formula is C13H19ClN2O2. The number of rotatable bonds is 4. The van der Waals surface area contributed by atoms with E-state index >= 15 is 0 Å². The quantitative estimate of drug-likeness (QED) is 0.858. The Hall–Kier alpha value is -0.650. The fourth-order valence-corrected chi connectivity index (χ4v) is 2.54. The summed E-state index contributed by atoms with van der Waals surface area (Å²) in [5.41, 5.74) is 7.00. The molecule has 0 bridgehead atoms. The van der Waals surface area contributed by atoms with Crippen molar-refractivity contribution in [2.45, 2.75) is 12.1 Å². The van der Waals surface area contributed by atoms with Crippen LogP contribution >= 0.6 is 11.6 Å². The zero-order chi connectivity index (χ0) is 13.0. The molecule has 0 amide bonds. The number of nitrogens with two attached hydrogens (primary N) is 1. The number of hydrogen-bond donors (Lipinski definition) is 2. The Morgan fingerprint density at radius 1 is 1.56 bits per heavy atom. The highest BCUT2D eigenvalue weighted by Gasteiger charge is 2.26. The van der Waals surface area contributed by atoms with E-state index in [9.17, 15) is 5.11 Å². The minimum atomic E-state index is -0.119. The molecule has 100 valence electrons. The van der Waals surface area contributed by atoms with Crippen LogP contribution in [0.3, 0.4) is 0 Å². The first-order chi connectivity index (χ1) is 8.74. The van der Waals surface area contributed by atoms with Gasteiger partial charge >= 0.3 is 0 Å². The smallest absolute Gasteiger partial charge is 0.0933 e. The van der Waals surface area contributed by atoms with Gasteiger partial charge in [-0.05, 0) is 17.7 Å². The number of aliphatic hydroxyl groups excluding tert-OH is 1.